The van der Waals surface area contributed by atoms with Crippen molar-refractivity contribution in [3.05, 3.63) is 52.0 Å². The Bertz CT molecular complexity index is 839. The number of ether oxygens (including phenoxy) is 1. The van der Waals surface area contributed by atoms with Crippen LogP contribution >= 0.6 is 23.2 Å². The SMILES string of the molecule is COc1cc(C#N)ccc1OS(=O)(=O)c1c(Cl)cccc1Cl. The maximum Gasteiger partial charge on any atom is 0.342 e. The molecule has 0 aromatic heterocycles. The molecule has 2 rings (SSSR count). The average molecular weight is 358 g/mol. The quantitative estimate of drug-likeness (QED) is 0.780. The van der Waals surface area contributed by atoms with E-state index in [0.717, 1.165) is 0 Å². The van der Waals surface area contributed by atoms with Gasteiger partial charge in [0.2, 0.25) is 0 Å². The predicted molar refractivity (Wildman–Crippen MR) is 82.0 cm³/mol. The Kier molecular flexibility index (Phi) is 4.81. The molecule has 0 fully saturated rings. The van der Waals surface area contributed by atoms with Gasteiger partial charge < -0.3 is 8.92 Å². The van der Waals surface area contributed by atoms with Gasteiger partial charge in [0.25, 0.3) is 0 Å². The summed E-state index contributed by atoms with van der Waals surface area (Å²) >= 11 is 11.8. The Morgan fingerprint density at radius 1 is 1.09 bits per heavy atom. The fourth-order valence-electron chi connectivity index (χ4n) is 1.69. The van der Waals surface area contributed by atoms with Crippen LogP contribution in [0, 0.1) is 11.3 Å². The highest BCUT2D eigenvalue weighted by Crippen LogP contribution is 2.34. The summed E-state index contributed by atoms with van der Waals surface area (Å²) in [5, 5.41) is 8.72. The summed E-state index contributed by atoms with van der Waals surface area (Å²) in [4.78, 5) is -0.329. The van der Waals surface area contributed by atoms with Gasteiger partial charge in [-0.2, -0.15) is 13.7 Å². The van der Waals surface area contributed by atoms with E-state index < -0.39 is 10.1 Å². The van der Waals surface area contributed by atoms with Crippen molar-refractivity contribution in [1.82, 2.24) is 0 Å². The lowest BCUT2D eigenvalue weighted by molar-refractivity contribution is 0.390. The summed E-state index contributed by atoms with van der Waals surface area (Å²) in [6.07, 6.45) is 0. The van der Waals surface area contributed by atoms with Gasteiger partial charge in [-0.1, -0.05) is 29.3 Å². The first-order valence-electron chi connectivity index (χ1n) is 5.85. The van der Waals surface area contributed by atoms with Crippen molar-refractivity contribution in [1.29, 1.82) is 5.26 Å². The molecule has 0 N–H and O–H groups in total. The number of nitriles is 1. The Balaban J connectivity index is 2.48. The predicted octanol–water partition coefficient (Wildman–Crippen LogP) is 3.64. The molecular weight excluding hydrogens is 349 g/mol. The first-order chi connectivity index (χ1) is 10.4. The van der Waals surface area contributed by atoms with Crippen molar-refractivity contribution in [2.24, 2.45) is 0 Å². The molecule has 0 aliphatic carbocycles. The van der Waals surface area contributed by atoms with Crippen molar-refractivity contribution >= 4 is 33.3 Å². The number of benzene rings is 2. The molecule has 8 heteroatoms. The van der Waals surface area contributed by atoms with Gasteiger partial charge in [0.15, 0.2) is 11.5 Å². The average Bonchev–Trinajstić information content (AvgIpc) is 2.46. The zero-order valence-corrected chi connectivity index (χ0v) is 13.5. The molecule has 2 aromatic carbocycles. The van der Waals surface area contributed by atoms with Crippen LogP contribution in [0.25, 0.3) is 0 Å². The van der Waals surface area contributed by atoms with Crippen LogP contribution in [0.3, 0.4) is 0 Å². The molecule has 22 heavy (non-hydrogen) atoms. The third kappa shape index (κ3) is 3.28. The van der Waals surface area contributed by atoms with Crippen molar-refractivity contribution in [3.63, 3.8) is 0 Å². The highest BCUT2D eigenvalue weighted by molar-refractivity contribution is 7.87. The molecule has 0 amide bonds. The molecule has 0 saturated heterocycles. The number of rotatable bonds is 4. The Hall–Kier alpha value is -1.94. The summed E-state index contributed by atoms with van der Waals surface area (Å²) in [6, 6.07) is 10.3. The molecule has 0 unspecified atom stereocenters. The fourth-order valence-corrected chi connectivity index (χ4v) is 3.72. The molecule has 0 aliphatic heterocycles. The molecule has 0 radical (unpaired) electrons. The van der Waals surface area contributed by atoms with E-state index in [4.69, 9.17) is 37.4 Å². The Morgan fingerprint density at radius 2 is 1.73 bits per heavy atom. The van der Waals surface area contributed by atoms with Gasteiger partial charge in [0.1, 0.15) is 4.90 Å². The van der Waals surface area contributed by atoms with Gasteiger partial charge >= 0.3 is 10.1 Å². The molecular formula is C14H9Cl2NO4S. The van der Waals surface area contributed by atoms with Gasteiger partial charge in [0.05, 0.1) is 28.8 Å². The van der Waals surface area contributed by atoms with Crippen LogP contribution in [-0.2, 0) is 10.1 Å². The van der Waals surface area contributed by atoms with E-state index in [1.165, 1.54) is 43.5 Å². The van der Waals surface area contributed by atoms with E-state index in [1.54, 1.807) is 0 Å². The topological polar surface area (TPSA) is 76.4 Å². The molecule has 0 atom stereocenters. The van der Waals surface area contributed by atoms with Gasteiger partial charge in [-0.05, 0) is 24.3 Å². The smallest absolute Gasteiger partial charge is 0.342 e. The van der Waals surface area contributed by atoms with E-state index in [2.05, 4.69) is 0 Å². The molecule has 0 saturated carbocycles. The van der Waals surface area contributed by atoms with Crippen molar-refractivity contribution in [2.75, 3.05) is 7.11 Å². The fraction of sp³-hybridized carbons (Fsp3) is 0.0714. The molecule has 114 valence electrons. The summed E-state index contributed by atoms with van der Waals surface area (Å²) in [6.45, 7) is 0. The summed E-state index contributed by atoms with van der Waals surface area (Å²) in [5.74, 6) is 0.0308. The van der Waals surface area contributed by atoms with E-state index in [9.17, 15) is 8.42 Å². The lowest BCUT2D eigenvalue weighted by atomic mass is 10.2. The van der Waals surface area contributed by atoms with Crippen LogP contribution in [0.15, 0.2) is 41.3 Å². The monoisotopic (exact) mass is 357 g/mol. The Labute approximate surface area is 137 Å². The molecule has 0 aliphatic rings. The number of hydrogen-bond acceptors (Lipinski definition) is 5. The highest BCUT2D eigenvalue weighted by atomic mass is 35.5. The van der Waals surface area contributed by atoms with E-state index in [-0.39, 0.29) is 26.4 Å². The number of hydrogen-bond donors (Lipinski definition) is 0. The van der Waals surface area contributed by atoms with E-state index in [0.29, 0.717) is 5.56 Å². The lowest BCUT2D eigenvalue weighted by Gasteiger charge is -2.12. The lowest BCUT2D eigenvalue weighted by Crippen LogP contribution is -2.11. The maximum absolute atomic E-state index is 12.4. The van der Waals surface area contributed by atoms with E-state index >= 15 is 0 Å². The van der Waals surface area contributed by atoms with Crippen LogP contribution < -0.4 is 8.92 Å². The zero-order valence-electron chi connectivity index (χ0n) is 11.2. The summed E-state index contributed by atoms with van der Waals surface area (Å²) in [5.41, 5.74) is 0.303. The van der Waals surface area contributed by atoms with Crippen molar-refractivity contribution in [3.8, 4) is 17.6 Å². The molecule has 0 heterocycles. The van der Waals surface area contributed by atoms with Crippen molar-refractivity contribution in [2.45, 2.75) is 4.90 Å². The number of nitrogens with zero attached hydrogens (tertiary/aromatic N) is 1. The largest absolute Gasteiger partial charge is 0.493 e. The van der Waals surface area contributed by atoms with Gasteiger partial charge in [-0.15, -0.1) is 0 Å². The van der Waals surface area contributed by atoms with Crippen molar-refractivity contribution < 1.29 is 17.3 Å². The van der Waals surface area contributed by atoms with Crippen LogP contribution in [0.5, 0.6) is 11.5 Å². The highest BCUT2D eigenvalue weighted by Gasteiger charge is 2.25. The van der Waals surface area contributed by atoms with Crippen LogP contribution in [0.1, 0.15) is 5.56 Å². The second-order valence-corrected chi connectivity index (χ2v) is 6.36. The third-order valence-electron chi connectivity index (χ3n) is 2.66. The second-order valence-electron chi connectivity index (χ2n) is 4.07. The second kappa shape index (κ2) is 6.44. The number of methoxy groups -OCH3 is 1. The summed E-state index contributed by atoms with van der Waals surface area (Å²) in [7, 11) is -2.92. The maximum atomic E-state index is 12.4. The third-order valence-corrected chi connectivity index (χ3v) is 4.85. The van der Waals surface area contributed by atoms with Crippen LogP contribution in [0.2, 0.25) is 10.0 Å². The van der Waals surface area contributed by atoms with Gasteiger partial charge in [-0.25, -0.2) is 0 Å². The molecule has 0 bridgehead atoms. The van der Waals surface area contributed by atoms with Crippen LogP contribution in [0.4, 0.5) is 0 Å². The Morgan fingerprint density at radius 3 is 2.27 bits per heavy atom. The first kappa shape index (κ1) is 16.4. The standard InChI is InChI=1S/C14H9Cl2NO4S/c1-20-13-7-9(8-17)5-6-12(13)21-22(18,19)14-10(15)3-2-4-11(14)16/h2-7H,1H3. The van der Waals surface area contributed by atoms with Crippen LogP contribution in [-0.4, -0.2) is 15.5 Å². The molecule has 2 aromatic rings. The first-order valence-corrected chi connectivity index (χ1v) is 8.02. The zero-order chi connectivity index (χ0) is 16.3. The molecule has 5 nitrogen and oxygen atoms in total. The minimum absolute atomic E-state index is 0.0555. The normalized spacial score (nSPS) is 10.8. The van der Waals surface area contributed by atoms with Gasteiger partial charge in [-0.3, -0.25) is 0 Å². The minimum Gasteiger partial charge on any atom is -0.493 e. The molecule has 0 spiro atoms. The summed E-state index contributed by atoms with van der Waals surface area (Å²) < 4.78 is 34.8. The van der Waals surface area contributed by atoms with Gasteiger partial charge in [0, 0.05) is 6.07 Å². The minimum atomic E-state index is -4.25. The van der Waals surface area contributed by atoms with E-state index in [1.807, 2.05) is 6.07 Å². The number of halogens is 2.